The molecule has 0 fully saturated rings. The van der Waals surface area contributed by atoms with Crippen molar-refractivity contribution in [2.75, 3.05) is 0 Å². The maximum atomic E-state index is 6.62. The normalized spacial score (nSPS) is 13.9. The van der Waals surface area contributed by atoms with Crippen LogP contribution in [0.3, 0.4) is 0 Å². The average Bonchev–Trinajstić information content (AvgIpc) is 2.65. The molecule has 2 rings (SSSR count). The molecule has 1 aromatic heterocycles. The van der Waals surface area contributed by atoms with E-state index in [9.17, 15) is 0 Å². The van der Waals surface area contributed by atoms with E-state index < -0.39 is 0 Å². The summed E-state index contributed by atoms with van der Waals surface area (Å²) in [6.45, 7) is 4.65. The Labute approximate surface area is 159 Å². The van der Waals surface area contributed by atoms with Gasteiger partial charge in [0, 0.05) is 5.39 Å². The van der Waals surface area contributed by atoms with Crippen LogP contribution in [0.2, 0.25) is 0 Å². The maximum absolute atomic E-state index is 6.62. The quantitative estimate of drug-likeness (QED) is 0.275. The van der Waals surface area contributed by atoms with E-state index in [1.54, 1.807) is 0 Å². The fourth-order valence-electron chi connectivity index (χ4n) is 3.43. The first kappa shape index (κ1) is 20.2. The first-order chi connectivity index (χ1) is 12.2. The summed E-state index contributed by atoms with van der Waals surface area (Å²) in [6, 6.07) is 12.5. The van der Waals surface area contributed by atoms with Crippen molar-refractivity contribution in [1.29, 1.82) is 0 Å². The van der Waals surface area contributed by atoms with Crippen molar-refractivity contribution >= 4 is 22.5 Å². The van der Waals surface area contributed by atoms with Gasteiger partial charge >= 0.3 is 0 Å². The van der Waals surface area contributed by atoms with Gasteiger partial charge < -0.3 is 0 Å². The molecule has 0 radical (unpaired) electrons. The molecule has 0 aliphatic carbocycles. The minimum absolute atomic E-state index is 0.0288. The van der Waals surface area contributed by atoms with Gasteiger partial charge in [-0.25, -0.2) is 0 Å². The van der Waals surface area contributed by atoms with Crippen LogP contribution in [-0.2, 0) is 0 Å². The SMILES string of the molecule is CCCCCCCCCC(C)CCC(Cl)c1ccc2ccccc2n1. The van der Waals surface area contributed by atoms with Crippen LogP contribution in [0.25, 0.3) is 10.9 Å². The molecule has 0 saturated heterocycles. The second kappa shape index (κ2) is 11.5. The van der Waals surface area contributed by atoms with E-state index in [-0.39, 0.29) is 5.38 Å². The number of hydrogen-bond acceptors (Lipinski definition) is 1. The van der Waals surface area contributed by atoms with Crippen LogP contribution >= 0.6 is 11.6 Å². The van der Waals surface area contributed by atoms with Crippen molar-refractivity contribution in [3.8, 4) is 0 Å². The molecule has 1 heterocycles. The summed E-state index contributed by atoms with van der Waals surface area (Å²) in [4.78, 5) is 4.73. The zero-order valence-corrected chi connectivity index (χ0v) is 16.8. The highest BCUT2D eigenvalue weighted by Crippen LogP contribution is 2.28. The molecule has 2 unspecified atom stereocenters. The minimum atomic E-state index is 0.0288. The summed E-state index contributed by atoms with van der Waals surface area (Å²) >= 11 is 6.62. The summed E-state index contributed by atoms with van der Waals surface area (Å²) in [5.41, 5.74) is 2.06. The van der Waals surface area contributed by atoms with Gasteiger partial charge in [-0.1, -0.05) is 89.5 Å². The molecule has 0 amide bonds. The third-order valence-corrected chi connectivity index (χ3v) is 5.60. The number of rotatable bonds is 12. The van der Waals surface area contributed by atoms with Crippen molar-refractivity contribution in [1.82, 2.24) is 4.98 Å². The average molecular weight is 360 g/mol. The molecule has 2 atom stereocenters. The Morgan fingerprint density at radius 3 is 2.36 bits per heavy atom. The minimum Gasteiger partial charge on any atom is -0.251 e. The zero-order valence-electron chi connectivity index (χ0n) is 16.0. The summed E-state index contributed by atoms with van der Waals surface area (Å²) in [5.74, 6) is 0.761. The highest BCUT2D eigenvalue weighted by Gasteiger charge is 2.12. The summed E-state index contributed by atoms with van der Waals surface area (Å²) < 4.78 is 0. The van der Waals surface area contributed by atoms with Gasteiger partial charge in [0.2, 0.25) is 0 Å². The highest BCUT2D eigenvalue weighted by atomic mass is 35.5. The first-order valence-electron chi connectivity index (χ1n) is 10.2. The Balaban J connectivity index is 1.65. The molecule has 138 valence electrons. The molecule has 2 aromatic rings. The van der Waals surface area contributed by atoms with Gasteiger partial charge in [0.15, 0.2) is 0 Å². The van der Waals surface area contributed by atoms with E-state index in [0.717, 1.165) is 23.5 Å². The smallest absolute Gasteiger partial charge is 0.0757 e. The third-order valence-electron chi connectivity index (χ3n) is 5.15. The number of para-hydroxylation sites is 1. The van der Waals surface area contributed by atoms with Crippen molar-refractivity contribution in [3.05, 3.63) is 42.1 Å². The Hall–Kier alpha value is -1.08. The fourth-order valence-corrected chi connectivity index (χ4v) is 3.68. The van der Waals surface area contributed by atoms with Gasteiger partial charge in [0.1, 0.15) is 0 Å². The van der Waals surface area contributed by atoms with Crippen LogP contribution in [0.4, 0.5) is 0 Å². The topological polar surface area (TPSA) is 12.9 Å². The van der Waals surface area contributed by atoms with Gasteiger partial charge in [0.25, 0.3) is 0 Å². The van der Waals surface area contributed by atoms with Crippen LogP contribution in [0, 0.1) is 5.92 Å². The molecule has 0 aliphatic rings. The standard InChI is InChI=1S/C23H34ClN/c1-3-4-5-6-7-8-9-12-19(2)15-17-21(24)23-18-16-20-13-10-11-14-22(20)25-23/h10-11,13-14,16,18-19,21H,3-9,12,15,17H2,1-2H3. The number of aromatic nitrogens is 1. The van der Waals surface area contributed by atoms with Crippen LogP contribution < -0.4 is 0 Å². The van der Waals surface area contributed by atoms with Gasteiger partial charge in [-0.05, 0) is 30.9 Å². The Morgan fingerprint density at radius 2 is 1.56 bits per heavy atom. The third kappa shape index (κ3) is 7.36. The number of benzene rings is 1. The molecule has 1 aromatic carbocycles. The summed E-state index contributed by atoms with van der Waals surface area (Å²) in [6.07, 6.45) is 13.3. The molecule has 25 heavy (non-hydrogen) atoms. The van der Waals surface area contributed by atoms with Crippen LogP contribution in [0.15, 0.2) is 36.4 Å². The molecule has 0 spiro atoms. The second-order valence-electron chi connectivity index (χ2n) is 7.49. The van der Waals surface area contributed by atoms with Crippen molar-refractivity contribution < 1.29 is 0 Å². The van der Waals surface area contributed by atoms with Gasteiger partial charge in [-0.2, -0.15) is 0 Å². The number of nitrogens with zero attached hydrogens (tertiary/aromatic N) is 1. The van der Waals surface area contributed by atoms with Gasteiger partial charge in [-0.15, -0.1) is 11.6 Å². The monoisotopic (exact) mass is 359 g/mol. The van der Waals surface area contributed by atoms with Crippen LogP contribution in [0.5, 0.6) is 0 Å². The van der Waals surface area contributed by atoms with Crippen LogP contribution in [0.1, 0.15) is 89.1 Å². The van der Waals surface area contributed by atoms with E-state index >= 15 is 0 Å². The predicted molar refractivity (Wildman–Crippen MR) is 111 cm³/mol. The number of alkyl halides is 1. The summed E-state index contributed by atoms with van der Waals surface area (Å²) in [5, 5.41) is 1.21. The summed E-state index contributed by atoms with van der Waals surface area (Å²) in [7, 11) is 0. The number of pyridine rings is 1. The molecule has 0 aliphatic heterocycles. The lowest BCUT2D eigenvalue weighted by atomic mass is 9.96. The van der Waals surface area contributed by atoms with E-state index in [1.165, 1.54) is 63.2 Å². The molecule has 1 nitrogen and oxygen atoms in total. The predicted octanol–water partition coefficient (Wildman–Crippen LogP) is 8.07. The van der Waals surface area contributed by atoms with Gasteiger partial charge in [-0.3, -0.25) is 4.98 Å². The lowest BCUT2D eigenvalue weighted by Crippen LogP contribution is -2.00. The Bertz CT molecular complexity index is 610. The molecular formula is C23H34ClN. The van der Waals surface area contributed by atoms with E-state index in [4.69, 9.17) is 16.6 Å². The zero-order chi connectivity index (χ0) is 17.9. The lowest BCUT2D eigenvalue weighted by molar-refractivity contribution is 0.440. The van der Waals surface area contributed by atoms with Crippen molar-refractivity contribution in [2.24, 2.45) is 5.92 Å². The first-order valence-corrected chi connectivity index (χ1v) is 10.6. The second-order valence-corrected chi connectivity index (χ2v) is 8.02. The van der Waals surface area contributed by atoms with E-state index in [2.05, 4.69) is 38.1 Å². The molecule has 0 saturated carbocycles. The largest absolute Gasteiger partial charge is 0.251 e. The van der Waals surface area contributed by atoms with E-state index in [1.807, 2.05) is 12.1 Å². The number of halogens is 1. The Morgan fingerprint density at radius 1 is 0.840 bits per heavy atom. The van der Waals surface area contributed by atoms with Crippen molar-refractivity contribution in [3.63, 3.8) is 0 Å². The van der Waals surface area contributed by atoms with E-state index in [0.29, 0.717) is 0 Å². The van der Waals surface area contributed by atoms with Crippen molar-refractivity contribution in [2.45, 2.75) is 83.4 Å². The Kier molecular flexibility index (Phi) is 9.32. The molecule has 0 N–H and O–H groups in total. The molecule has 2 heteroatoms. The number of unbranched alkanes of at least 4 members (excludes halogenated alkanes) is 6. The van der Waals surface area contributed by atoms with Crippen LogP contribution in [-0.4, -0.2) is 4.98 Å². The number of fused-ring (bicyclic) bond motifs is 1. The fraction of sp³-hybridized carbons (Fsp3) is 0.609. The maximum Gasteiger partial charge on any atom is 0.0757 e. The molecule has 0 bridgehead atoms. The van der Waals surface area contributed by atoms with Gasteiger partial charge in [0.05, 0.1) is 16.6 Å². The number of hydrogen-bond donors (Lipinski definition) is 0. The highest BCUT2D eigenvalue weighted by molar-refractivity contribution is 6.20. The lowest BCUT2D eigenvalue weighted by Gasteiger charge is -2.14. The molecular weight excluding hydrogens is 326 g/mol.